The first-order chi connectivity index (χ1) is 11.7. The van der Waals surface area contributed by atoms with Gasteiger partial charge in [-0.1, -0.05) is 12.1 Å². The number of hydrogen-bond acceptors (Lipinski definition) is 4. The van der Waals surface area contributed by atoms with Crippen LogP contribution in [0.3, 0.4) is 0 Å². The highest BCUT2D eigenvalue weighted by molar-refractivity contribution is 5.98. The van der Waals surface area contributed by atoms with E-state index in [4.69, 9.17) is 4.74 Å². The maximum Gasteiger partial charge on any atom is 0.196 e. The van der Waals surface area contributed by atoms with Crippen molar-refractivity contribution in [1.82, 2.24) is 4.90 Å². The molecular formula is C20H21NO3. The molecule has 4 heteroatoms. The van der Waals surface area contributed by atoms with Gasteiger partial charge < -0.3 is 9.84 Å². The summed E-state index contributed by atoms with van der Waals surface area (Å²) in [6.45, 7) is 2.23. The molecule has 6 rings (SSSR count). The van der Waals surface area contributed by atoms with E-state index >= 15 is 0 Å². The van der Waals surface area contributed by atoms with E-state index in [9.17, 15) is 9.90 Å². The summed E-state index contributed by atoms with van der Waals surface area (Å²) in [5, 5.41) is 10.3. The summed E-state index contributed by atoms with van der Waals surface area (Å²) >= 11 is 0. The van der Waals surface area contributed by atoms with Crippen molar-refractivity contribution in [1.29, 1.82) is 0 Å². The first-order valence-corrected chi connectivity index (χ1v) is 9.16. The van der Waals surface area contributed by atoms with Crippen molar-refractivity contribution in [2.75, 3.05) is 13.1 Å². The summed E-state index contributed by atoms with van der Waals surface area (Å²) in [5.41, 5.74) is 2.16. The van der Waals surface area contributed by atoms with E-state index in [2.05, 4.69) is 11.0 Å². The van der Waals surface area contributed by atoms with E-state index in [0.29, 0.717) is 17.7 Å². The number of ether oxygens (including phenoxy) is 1. The fourth-order valence-corrected chi connectivity index (χ4v) is 5.83. The van der Waals surface area contributed by atoms with Gasteiger partial charge in [-0.2, -0.15) is 0 Å². The first kappa shape index (κ1) is 13.5. The zero-order valence-corrected chi connectivity index (χ0v) is 13.6. The molecule has 1 N–H and O–H groups in total. The molecule has 4 atom stereocenters. The van der Waals surface area contributed by atoms with Crippen LogP contribution < -0.4 is 4.74 Å². The summed E-state index contributed by atoms with van der Waals surface area (Å²) in [5.74, 6) is 2.02. The van der Waals surface area contributed by atoms with Gasteiger partial charge in [0.25, 0.3) is 0 Å². The van der Waals surface area contributed by atoms with Crippen LogP contribution in [0.2, 0.25) is 0 Å². The largest absolute Gasteiger partial charge is 0.504 e. The SMILES string of the molecule is O=C1C=C[C@H]2[C@H]3Cc4ccc(O)c5c4[C@@]2(CCN3CC2CC2)[C@H]1O5. The Bertz CT molecular complexity index is 796. The van der Waals surface area contributed by atoms with Gasteiger partial charge in [-0.15, -0.1) is 0 Å². The van der Waals surface area contributed by atoms with Crippen LogP contribution in [-0.4, -0.2) is 41.0 Å². The lowest BCUT2D eigenvalue weighted by Gasteiger charge is -2.56. The van der Waals surface area contributed by atoms with Crippen molar-refractivity contribution in [2.45, 2.75) is 43.2 Å². The Balaban J connectivity index is 1.56. The van der Waals surface area contributed by atoms with Crippen molar-refractivity contribution >= 4 is 5.78 Å². The number of aromatic hydroxyl groups is 1. The molecule has 0 aromatic heterocycles. The van der Waals surface area contributed by atoms with E-state index in [1.165, 1.54) is 24.9 Å². The lowest BCUT2D eigenvalue weighted by atomic mass is 9.53. The van der Waals surface area contributed by atoms with Crippen molar-refractivity contribution in [2.24, 2.45) is 11.8 Å². The molecular weight excluding hydrogens is 302 g/mol. The van der Waals surface area contributed by atoms with Crippen LogP contribution in [0.1, 0.15) is 30.4 Å². The third-order valence-electron chi connectivity index (χ3n) is 7.03. The van der Waals surface area contributed by atoms with Crippen LogP contribution in [-0.2, 0) is 16.6 Å². The van der Waals surface area contributed by atoms with Gasteiger partial charge in [-0.05, 0) is 55.9 Å². The summed E-state index contributed by atoms with van der Waals surface area (Å²) in [6, 6.07) is 4.24. The van der Waals surface area contributed by atoms with Crippen molar-refractivity contribution in [3.63, 3.8) is 0 Å². The molecule has 0 radical (unpaired) electrons. The van der Waals surface area contributed by atoms with Crippen LogP contribution in [0.15, 0.2) is 24.3 Å². The van der Waals surface area contributed by atoms with Crippen molar-refractivity contribution in [3.8, 4) is 11.5 Å². The van der Waals surface area contributed by atoms with Crippen molar-refractivity contribution < 1.29 is 14.6 Å². The highest BCUT2D eigenvalue weighted by Crippen LogP contribution is 2.62. The number of likely N-dealkylation sites (tertiary alicyclic amines) is 1. The van der Waals surface area contributed by atoms with E-state index in [-0.39, 0.29) is 16.9 Å². The third-order valence-corrected chi connectivity index (χ3v) is 7.03. The van der Waals surface area contributed by atoms with E-state index in [1.807, 2.05) is 6.07 Å². The summed E-state index contributed by atoms with van der Waals surface area (Å²) in [6.07, 6.45) is 8.12. The quantitative estimate of drug-likeness (QED) is 0.906. The Hall–Kier alpha value is -1.81. The van der Waals surface area contributed by atoms with Crippen LogP contribution >= 0.6 is 0 Å². The predicted octanol–water partition coefficient (Wildman–Crippen LogP) is 2.19. The summed E-state index contributed by atoms with van der Waals surface area (Å²) in [7, 11) is 0. The number of carbonyl (C=O) groups is 1. The zero-order valence-electron chi connectivity index (χ0n) is 13.6. The summed E-state index contributed by atoms with van der Waals surface area (Å²) < 4.78 is 6.08. The van der Waals surface area contributed by atoms with Gasteiger partial charge in [-0.25, -0.2) is 0 Å². The van der Waals surface area contributed by atoms with E-state index < -0.39 is 6.10 Å². The third kappa shape index (κ3) is 1.47. The number of phenolic OH excluding ortho intramolecular Hbond substituents is 1. The number of benzene rings is 1. The Morgan fingerprint density at radius 3 is 3.04 bits per heavy atom. The van der Waals surface area contributed by atoms with Crippen LogP contribution in [0, 0.1) is 11.8 Å². The van der Waals surface area contributed by atoms with Gasteiger partial charge in [-0.3, -0.25) is 9.69 Å². The van der Waals surface area contributed by atoms with E-state index in [1.54, 1.807) is 12.1 Å². The molecule has 1 spiro atoms. The highest BCUT2D eigenvalue weighted by atomic mass is 16.5. The second-order valence-corrected chi connectivity index (χ2v) is 8.23. The van der Waals surface area contributed by atoms with Gasteiger partial charge in [0.15, 0.2) is 23.4 Å². The molecule has 5 aliphatic rings. The molecule has 2 fully saturated rings. The number of piperidine rings is 1. The maximum absolute atomic E-state index is 12.6. The molecule has 2 aliphatic heterocycles. The molecule has 0 amide bonds. The molecule has 0 unspecified atom stereocenters. The average molecular weight is 323 g/mol. The molecule has 2 heterocycles. The average Bonchev–Trinajstić information content (AvgIpc) is 3.32. The monoisotopic (exact) mass is 323 g/mol. The fourth-order valence-electron chi connectivity index (χ4n) is 5.83. The topological polar surface area (TPSA) is 49.8 Å². The highest BCUT2D eigenvalue weighted by Gasteiger charge is 2.64. The first-order valence-electron chi connectivity index (χ1n) is 9.16. The van der Waals surface area contributed by atoms with Gasteiger partial charge in [0.05, 0.1) is 5.41 Å². The molecule has 1 saturated carbocycles. The molecule has 3 aliphatic carbocycles. The minimum atomic E-state index is -0.444. The number of hydrogen-bond donors (Lipinski definition) is 1. The predicted molar refractivity (Wildman–Crippen MR) is 88.2 cm³/mol. The second kappa shape index (κ2) is 4.23. The fraction of sp³-hybridized carbons (Fsp3) is 0.550. The van der Waals surface area contributed by atoms with Gasteiger partial charge in [0, 0.05) is 24.1 Å². The summed E-state index contributed by atoms with van der Waals surface area (Å²) in [4.78, 5) is 15.3. The standard InChI is InChI=1S/C20H21NO3/c22-15-5-3-12-9-14-13-4-6-16(23)19-20(13,17(12)18(15)24-19)7-8-21(14)10-11-1-2-11/h3-6,11,13-14,19,22H,1-2,7-10H2/t13-,14+,19-,20-/m0/s1. The van der Waals surface area contributed by atoms with Gasteiger partial charge in [0.2, 0.25) is 0 Å². The lowest BCUT2D eigenvalue weighted by molar-refractivity contribution is -0.127. The minimum Gasteiger partial charge on any atom is -0.504 e. The Morgan fingerprint density at radius 1 is 1.33 bits per heavy atom. The normalized spacial score (nSPS) is 38.8. The molecule has 124 valence electrons. The molecule has 2 bridgehead atoms. The number of ketones is 1. The second-order valence-electron chi connectivity index (χ2n) is 8.23. The van der Waals surface area contributed by atoms with E-state index in [0.717, 1.165) is 30.9 Å². The Labute approximate surface area is 141 Å². The minimum absolute atomic E-state index is 0.0593. The van der Waals surface area contributed by atoms with Crippen molar-refractivity contribution in [3.05, 3.63) is 35.4 Å². The molecule has 1 aromatic rings. The number of nitrogens with zero attached hydrogens (tertiary/aromatic N) is 1. The number of carbonyl (C=O) groups excluding carboxylic acids is 1. The molecule has 24 heavy (non-hydrogen) atoms. The van der Waals surface area contributed by atoms with Crippen LogP contribution in [0.4, 0.5) is 0 Å². The number of phenols is 1. The van der Waals surface area contributed by atoms with Gasteiger partial charge in [0.1, 0.15) is 0 Å². The van der Waals surface area contributed by atoms with Crippen LogP contribution in [0.5, 0.6) is 11.5 Å². The van der Waals surface area contributed by atoms with Crippen LogP contribution in [0.25, 0.3) is 0 Å². The van der Waals surface area contributed by atoms with Gasteiger partial charge >= 0.3 is 0 Å². The smallest absolute Gasteiger partial charge is 0.196 e. The Kier molecular flexibility index (Phi) is 2.38. The Morgan fingerprint density at radius 2 is 2.21 bits per heavy atom. The molecule has 1 aromatic carbocycles. The zero-order chi connectivity index (χ0) is 16.1. The maximum atomic E-state index is 12.6. The molecule has 4 nitrogen and oxygen atoms in total. The lowest BCUT2D eigenvalue weighted by Crippen LogP contribution is -2.65. The molecule has 1 saturated heterocycles. The number of rotatable bonds is 2.